The first-order valence-electron chi connectivity index (χ1n) is 3.32. The van der Waals surface area contributed by atoms with Gasteiger partial charge in [-0.15, -0.1) is 0 Å². The molecule has 0 aromatic carbocycles. The Bertz CT molecular complexity index is 267. The number of carbonyl (C=O) groups is 3. The van der Waals surface area contributed by atoms with Crippen molar-refractivity contribution >= 4 is 17.7 Å². The van der Waals surface area contributed by atoms with Crippen LogP contribution in [0.3, 0.4) is 0 Å². The number of aliphatic hydroxyl groups excluding tert-OH is 1. The quantitative estimate of drug-likeness (QED) is 0.239. The third-order valence-corrected chi connectivity index (χ3v) is 1.36. The van der Waals surface area contributed by atoms with Crippen molar-refractivity contribution in [2.24, 2.45) is 0 Å². The van der Waals surface area contributed by atoms with Crippen LogP contribution in [0.5, 0.6) is 0 Å². The molecule has 0 aliphatic rings. The minimum Gasteiger partial charge on any atom is -0.481 e. The van der Waals surface area contributed by atoms with E-state index in [1.807, 2.05) is 0 Å². The number of Topliss-reactive ketones (excluding diaryl/α,β-unsaturated/α-hetero) is 1. The van der Waals surface area contributed by atoms with Crippen LogP contribution in [0, 0.1) is 0 Å². The van der Waals surface area contributed by atoms with Gasteiger partial charge >= 0.3 is 17.7 Å². The lowest BCUT2D eigenvalue weighted by Crippen LogP contribution is -2.53. The number of hydrogen-bond acceptors (Lipinski definition) is 6. The van der Waals surface area contributed by atoms with Crippen molar-refractivity contribution in [1.29, 1.82) is 0 Å². The first-order valence-corrected chi connectivity index (χ1v) is 3.32. The molecular weight excluding hydrogens is 200 g/mol. The van der Waals surface area contributed by atoms with Gasteiger partial charge in [-0.2, -0.15) is 0 Å². The van der Waals surface area contributed by atoms with E-state index in [2.05, 4.69) is 0 Å². The van der Waals surface area contributed by atoms with Crippen LogP contribution in [0.1, 0.15) is 6.42 Å². The summed E-state index contributed by atoms with van der Waals surface area (Å²) in [5.74, 6) is -9.47. The lowest BCUT2D eigenvalue weighted by atomic mass is 10.0. The molecule has 14 heavy (non-hydrogen) atoms. The molecule has 0 heterocycles. The summed E-state index contributed by atoms with van der Waals surface area (Å²) in [5.41, 5.74) is 0. The number of rotatable bonds is 5. The molecule has 8 nitrogen and oxygen atoms in total. The summed E-state index contributed by atoms with van der Waals surface area (Å²) in [6, 6.07) is 0. The topological polar surface area (TPSA) is 152 Å². The maximum absolute atomic E-state index is 10.5. The Hall–Kier alpha value is -1.51. The lowest BCUT2D eigenvalue weighted by Gasteiger charge is -2.22. The molecule has 0 rings (SSSR count). The molecule has 0 bridgehead atoms. The van der Waals surface area contributed by atoms with Gasteiger partial charge in [0, 0.05) is 0 Å². The van der Waals surface area contributed by atoms with Crippen LogP contribution in [-0.2, 0) is 14.4 Å². The van der Waals surface area contributed by atoms with Crippen molar-refractivity contribution in [2.45, 2.75) is 18.3 Å². The second-order valence-corrected chi connectivity index (χ2v) is 2.47. The van der Waals surface area contributed by atoms with Gasteiger partial charge in [0.2, 0.25) is 0 Å². The fourth-order valence-corrected chi connectivity index (χ4v) is 0.616. The molecule has 0 aliphatic carbocycles. The van der Waals surface area contributed by atoms with Crippen LogP contribution in [0.15, 0.2) is 0 Å². The highest BCUT2D eigenvalue weighted by molar-refractivity contribution is 6.35. The third-order valence-electron chi connectivity index (χ3n) is 1.36. The van der Waals surface area contributed by atoms with Gasteiger partial charge in [0.05, 0.1) is 6.42 Å². The van der Waals surface area contributed by atoms with Crippen molar-refractivity contribution in [3.05, 3.63) is 0 Å². The van der Waals surface area contributed by atoms with E-state index in [0.717, 1.165) is 0 Å². The SMILES string of the molecule is O=C(O)CC(O)C(O)(O)C(=O)C(=O)O. The van der Waals surface area contributed by atoms with Crippen molar-refractivity contribution < 1.29 is 39.9 Å². The highest BCUT2D eigenvalue weighted by Gasteiger charge is 2.45. The molecule has 0 saturated carbocycles. The Balaban J connectivity index is 4.68. The molecule has 0 radical (unpaired) electrons. The number of carboxylic acid groups (broad SMARTS) is 2. The maximum atomic E-state index is 10.5. The largest absolute Gasteiger partial charge is 0.481 e. The molecule has 1 atom stereocenters. The van der Waals surface area contributed by atoms with Gasteiger partial charge in [-0.05, 0) is 0 Å². The molecule has 5 N–H and O–H groups in total. The Morgan fingerprint density at radius 3 is 1.86 bits per heavy atom. The molecule has 1 unspecified atom stereocenters. The van der Waals surface area contributed by atoms with E-state index in [1.54, 1.807) is 0 Å². The number of ketones is 1. The van der Waals surface area contributed by atoms with E-state index in [1.165, 1.54) is 0 Å². The van der Waals surface area contributed by atoms with Crippen LogP contribution in [0.2, 0.25) is 0 Å². The molecule has 0 fully saturated rings. The van der Waals surface area contributed by atoms with Gasteiger partial charge in [-0.1, -0.05) is 0 Å². The smallest absolute Gasteiger partial charge is 0.378 e. The summed E-state index contributed by atoms with van der Waals surface area (Å²) in [4.78, 5) is 30.6. The third kappa shape index (κ3) is 2.76. The summed E-state index contributed by atoms with van der Waals surface area (Å²) in [5, 5.41) is 42.6. The first kappa shape index (κ1) is 12.5. The van der Waals surface area contributed by atoms with Crippen LogP contribution in [-0.4, -0.2) is 55.1 Å². The fraction of sp³-hybridized carbons (Fsp3) is 0.500. The van der Waals surface area contributed by atoms with E-state index < -0.39 is 36.0 Å². The van der Waals surface area contributed by atoms with Crippen molar-refractivity contribution in [2.75, 3.05) is 0 Å². The monoisotopic (exact) mass is 208 g/mol. The van der Waals surface area contributed by atoms with Crippen molar-refractivity contribution in [1.82, 2.24) is 0 Å². The molecule has 0 aromatic heterocycles. The number of aliphatic hydroxyl groups is 3. The Morgan fingerprint density at radius 1 is 1.14 bits per heavy atom. The standard InChI is InChI=1S/C6H8O8/c7-2(1-3(8)9)6(13,14)4(10)5(11)12/h2,7,13-14H,1H2,(H,8,9)(H,11,12). The van der Waals surface area contributed by atoms with Gasteiger partial charge < -0.3 is 25.5 Å². The summed E-state index contributed by atoms with van der Waals surface area (Å²) in [6.45, 7) is 0. The molecule has 80 valence electrons. The van der Waals surface area contributed by atoms with Crippen LogP contribution in [0.25, 0.3) is 0 Å². The van der Waals surface area contributed by atoms with E-state index >= 15 is 0 Å². The molecular formula is C6H8O8. The molecule has 0 amide bonds. The summed E-state index contributed by atoms with van der Waals surface area (Å²) in [6.07, 6.45) is -3.56. The Kier molecular flexibility index (Phi) is 3.69. The molecule has 0 saturated heterocycles. The van der Waals surface area contributed by atoms with E-state index in [-0.39, 0.29) is 0 Å². The molecule has 0 aromatic rings. The van der Waals surface area contributed by atoms with E-state index in [9.17, 15) is 14.4 Å². The average Bonchev–Trinajstić information content (AvgIpc) is 2.01. The summed E-state index contributed by atoms with van der Waals surface area (Å²) >= 11 is 0. The lowest BCUT2D eigenvalue weighted by molar-refractivity contribution is -0.223. The van der Waals surface area contributed by atoms with Gasteiger partial charge in [-0.3, -0.25) is 9.59 Å². The number of aliphatic carboxylic acids is 2. The highest BCUT2D eigenvalue weighted by Crippen LogP contribution is 2.11. The van der Waals surface area contributed by atoms with Crippen LogP contribution < -0.4 is 0 Å². The Labute approximate surface area is 77.0 Å². The summed E-state index contributed by atoms with van der Waals surface area (Å²) < 4.78 is 0. The van der Waals surface area contributed by atoms with Crippen LogP contribution in [0.4, 0.5) is 0 Å². The highest BCUT2D eigenvalue weighted by atomic mass is 16.5. The second kappa shape index (κ2) is 4.13. The minimum absolute atomic E-state index is 1.16. The predicted octanol–water partition coefficient (Wildman–Crippen LogP) is -2.84. The van der Waals surface area contributed by atoms with Crippen LogP contribution >= 0.6 is 0 Å². The van der Waals surface area contributed by atoms with Crippen molar-refractivity contribution in [3.8, 4) is 0 Å². The summed E-state index contributed by atoms with van der Waals surface area (Å²) in [7, 11) is 0. The number of carbonyl (C=O) groups excluding carboxylic acids is 1. The van der Waals surface area contributed by atoms with Gasteiger partial charge in [0.25, 0.3) is 5.79 Å². The van der Waals surface area contributed by atoms with E-state index in [0.29, 0.717) is 0 Å². The average molecular weight is 208 g/mol. The Morgan fingerprint density at radius 2 is 1.57 bits per heavy atom. The van der Waals surface area contributed by atoms with Crippen molar-refractivity contribution in [3.63, 3.8) is 0 Å². The zero-order valence-corrected chi connectivity index (χ0v) is 6.75. The second-order valence-electron chi connectivity index (χ2n) is 2.47. The van der Waals surface area contributed by atoms with Gasteiger partial charge in [0.1, 0.15) is 6.10 Å². The zero-order valence-electron chi connectivity index (χ0n) is 6.75. The maximum Gasteiger partial charge on any atom is 0.378 e. The predicted molar refractivity (Wildman–Crippen MR) is 38.1 cm³/mol. The molecule has 0 aliphatic heterocycles. The number of hydrogen-bond donors (Lipinski definition) is 5. The van der Waals surface area contributed by atoms with Gasteiger partial charge in [0.15, 0.2) is 0 Å². The minimum atomic E-state index is -3.59. The molecule has 0 spiro atoms. The molecule has 8 heteroatoms. The normalized spacial score (nSPS) is 13.4. The number of carboxylic acids is 2. The first-order chi connectivity index (χ1) is 6.19. The fourth-order valence-electron chi connectivity index (χ4n) is 0.616. The van der Waals surface area contributed by atoms with E-state index in [4.69, 9.17) is 25.5 Å². The van der Waals surface area contributed by atoms with Gasteiger partial charge in [-0.25, -0.2) is 4.79 Å². The zero-order chi connectivity index (χ0) is 11.5.